The predicted molar refractivity (Wildman–Crippen MR) is 74.2 cm³/mol. The molecule has 1 aromatic heterocycles. The average Bonchev–Trinajstić information content (AvgIpc) is 2.40. The molecule has 0 bridgehead atoms. The third kappa shape index (κ3) is 3.00. The Morgan fingerprint density at radius 2 is 2.33 bits per heavy atom. The number of hydrogen-bond donors (Lipinski definition) is 1. The van der Waals surface area contributed by atoms with Gasteiger partial charge < -0.3 is 15.0 Å². The highest BCUT2D eigenvalue weighted by Gasteiger charge is 2.22. The van der Waals surface area contributed by atoms with Crippen molar-refractivity contribution in [1.29, 1.82) is 0 Å². The number of rotatable bonds is 4. The molecule has 1 aliphatic heterocycles. The van der Waals surface area contributed by atoms with Gasteiger partial charge >= 0.3 is 0 Å². The summed E-state index contributed by atoms with van der Waals surface area (Å²) in [7, 11) is 1.98. The lowest BCUT2D eigenvalue weighted by molar-refractivity contribution is 0.0943. The number of nitrogens with one attached hydrogen (secondary N) is 1. The second kappa shape index (κ2) is 6.16. The maximum atomic E-state index is 5.55. The molecule has 4 heteroatoms. The van der Waals surface area contributed by atoms with Crippen molar-refractivity contribution in [3.63, 3.8) is 0 Å². The van der Waals surface area contributed by atoms with Gasteiger partial charge in [-0.3, -0.25) is 4.98 Å². The quantitative estimate of drug-likeness (QED) is 0.880. The van der Waals surface area contributed by atoms with Gasteiger partial charge in [-0.2, -0.15) is 0 Å². The summed E-state index contributed by atoms with van der Waals surface area (Å²) < 4.78 is 5.55. The van der Waals surface area contributed by atoms with Crippen molar-refractivity contribution in [3.8, 4) is 0 Å². The number of anilines is 1. The van der Waals surface area contributed by atoms with Gasteiger partial charge in [0.1, 0.15) is 0 Å². The monoisotopic (exact) mass is 249 g/mol. The van der Waals surface area contributed by atoms with Crippen LogP contribution in [0.3, 0.4) is 0 Å². The summed E-state index contributed by atoms with van der Waals surface area (Å²) in [4.78, 5) is 6.93. The van der Waals surface area contributed by atoms with Crippen molar-refractivity contribution in [2.45, 2.75) is 25.8 Å². The molecule has 1 unspecified atom stereocenters. The van der Waals surface area contributed by atoms with Gasteiger partial charge in [0.2, 0.25) is 0 Å². The van der Waals surface area contributed by atoms with Gasteiger partial charge in [0.15, 0.2) is 0 Å². The lowest BCUT2D eigenvalue weighted by atomic mass is 10.1. The first-order valence-electron chi connectivity index (χ1n) is 6.67. The number of nitrogens with zero attached hydrogens (tertiary/aromatic N) is 2. The second-order valence-corrected chi connectivity index (χ2v) is 5.08. The number of hydrogen-bond acceptors (Lipinski definition) is 4. The Morgan fingerprint density at radius 3 is 2.94 bits per heavy atom. The largest absolute Gasteiger partial charge is 0.377 e. The lowest BCUT2D eigenvalue weighted by Gasteiger charge is -2.37. The van der Waals surface area contributed by atoms with E-state index in [1.54, 1.807) is 0 Å². The van der Waals surface area contributed by atoms with E-state index < -0.39 is 0 Å². The van der Waals surface area contributed by atoms with E-state index in [0.717, 1.165) is 32.0 Å². The minimum atomic E-state index is 0.399. The molecule has 0 saturated carbocycles. The zero-order valence-electron chi connectivity index (χ0n) is 11.5. The molecule has 4 nitrogen and oxygen atoms in total. The first-order valence-corrected chi connectivity index (χ1v) is 6.67. The van der Waals surface area contributed by atoms with E-state index in [1.165, 1.54) is 5.69 Å². The third-order valence-corrected chi connectivity index (χ3v) is 3.36. The topological polar surface area (TPSA) is 37.4 Å². The summed E-state index contributed by atoms with van der Waals surface area (Å²) in [5.41, 5.74) is 2.35. The van der Waals surface area contributed by atoms with Crippen molar-refractivity contribution in [2.24, 2.45) is 0 Å². The van der Waals surface area contributed by atoms with Crippen LogP contribution in [0, 0.1) is 0 Å². The number of aromatic nitrogens is 1. The van der Waals surface area contributed by atoms with Crippen LogP contribution in [-0.2, 0) is 4.74 Å². The normalized spacial score (nSPS) is 20.4. The van der Waals surface area contributed by atoms with Crippen LogP contribution in [0.4, 0.5) is 5.69 Å². The van der Waals surface area contributed by atoms with Gasteiger partial charge in [-0.15, -0.1) is 0 Å². The smallest absolute Gasteiger partial charge is 0.0683 e. The Morgan fingerprint density at radius 1 is 1.50 bits per heavy atom. The molecule has 1 aliphatic rings. The van der Waals surface area contributed by atoms with E-state index in [2.05, 4.69) is 41.2 Å². The van der Waals surface area contributed by atoms with E-state index in [1.807, 2.05) is 13.2 Å². The Bertz CT molecular complexity index is 362. The van der Waals surface area contributed by atoms with Crippen LogP contribution in [0.1, 0.15) is 25.5 Å². The van der Waals surface area contributed by atoms with Crippen LogP contribution in [0.15, 0.2) is 18.3 Å². The van der Waals surface area contributed by atoms with Crippen molar-refractivity contribution in [3.05, 3.63) is 24.0 Å². The number of pyridine rings is 1. The van der Waals surface area contributed by atoms with Crippen molar-refractivity contribution >= 4 is 5.69 Å². The van der Waals surface area contributed by atoms with Crippen LogP contribution < -0.4 is 10.2 Å². The molecule has 1 atom stereocenters. The zero-order valence-corrected chi connectivity index (χ0v) is 11.5. The molecule has 1 N–H and O–H groups in total. The summed E-state index contributed by atoms with van der Waals surface area (Å²) in [6.07, 6.45) is 1.99. The van der Waals surface area contributed by atoms with E-state index in [-0.39, 0.29) is 0 Å². The summed E-state index contributed by atoms with van der Waals surface area (Å²) >= 11 is 0. The van der Waals surface area contributed by atoms with Gasteiger partial charge in [0, 0.05) is 18.8 Å². The van der Waals surface area contributed by atoms with Crippen LogP contribution in [-0.4, -0.2) is 44.4 Å². The van der Waals surface area contributed by atoms with Gasteiger partial charge in [-0.25, -0.2) is 0 Å². The Hall–Kier alpha value is -1.13. The molecule has 1 saturated heterocycles. The molecule has 2 rings (SSSR count). The van der Waals surface area contributed by atoms with Crippen LogP contribution in [0.25, 0.3) is 0 Å². The van der Waals surface area contributed by atoms with Crippen molar-refractivity contribution in [1.82, 2.24) is 10.3 Å². The highest BCUT2D eigenvalue weighted by atomic mass is 16.5. The summed E-state index contributed by atoms with van der Waals surface area (Å²) in [6, 6.07) is 4.71. The zero-order chi connectivity index (χ0) is 13.0. The Balaban J connectivity index is 2.12. The number of ether oxygens (including phenoxy) is 1. The molecule has 0 aromatic carbocycles. The molecule has 100 valence electrons. The van der Waals surface area contributed by atoms with Crippen molar-refractivity contribution in [2.75, 3.05) is 38.3 Å². The van der Waals surface area contributed by atoms with E-state index in [4.69, 9.17) is 4.74 Å². The first-order chi connectivity index (χ1) is 8.72. The van der Waals surface area contributed by atoms with Crippen LogP contribution >= 0.6 is 0 Å². The fourth-order valence-electron chi connectivity index (χ4n) is 2.31. The maximum Gasteiger partial charge on any atom is 0.0683 e. The number of morpholine rings is 1. The van der Waals surface area contributed by atoms with Gasteiger partial charge in [0.05, 0.1) is 31.1 Å². The average molecular weight is 249 g/mol. The molecule has 0 spiro atoms. The Kier molecular flexibility index (Phi) is 4.55. The summed E-state index contributed by atoms with van der Waals surface area (Å²) in [6.45, 7) is 7.79. The molecular formula is C14H23N3O. The minimum absolute atomic E-state index is 0.399. The van der Waals surface area contributed by atoms with E-state index in [0.29, 0.717) is 12.0 Å². The molecule has 18 heavy (non-hydrogen) atoms. The van der Waals surface area contributed by atoms with Gasteiger partial charge in [-0.05, 0) is 25.1 Å². The molecule has 0 radical (unpaired) electrons. The van der Waals surface area contributed by atoms with Gasteiger partial charge in [-0.1, -0.05) is 13.8 Å². The molecule has 1 aromatic rings. The highest BCUT2D eigenvalue weighted by Crippen LogP contribution is 2.20. The number of likely N-dealkylation sites (N-methyl/N-ethyl adjacent to an activating group) is 1. The van der Waals surface area contributed by atoms with Gasteiger partial charge in [0.25, 0.3) is 0 Å². The van der Waals surface area contributed by atoms with E-state index >= 15 is 0 Å². The van der Waals surface area contributed by atoms with Crippen molar-refractivity contribution < 1.29 is 4.74 Å². The second-order valence-electron chi connectivity index (χ2n) is 5.08. The summed E-state index contributed by atoms with van der Waals surface area (Å²) in [5.74, 6) is 0.483. The SMILES string of the molecule is CNCC1COCCN1c1ccc(C(C)C)nc1. The maximum absolute atomic E-state index is 5.55. The standard InChI is InChI=1S/C14H23N3O/c1-11(2)14-5-4-12(9-16-14)17-6-7-18-10-13(17)8-15-3/h4-5,9,11,13,15H,6-8,10H2,1-3H3. The Labute approximate surface area is 109 Å². The lowest BCUT2D eigenvalue weighted by Crippen LogP contribution is -2.50. The van der Waals surface area contributed by atoms with Crippen LogP contribution in [0.2, 0.25) is 0 Å². The van der Waals surface area contributed by atoms with Crippen LogP contribution in [0.5, 0.6) is 0 Å². The fourth-order valence-corrected chi connectivity index (χ4v) is 2.31. The third-order valence-electron chi connectivity index (χ3n) is 3.36. The minimum Gasteiger partial charge on any atom is -0.377 e. The highest BCUT2D eigenvalue weighted by molar-refractivity contribution is 5.46. The molecule has 0 aliphatic carbocycles. The predicted octanol–water partition coefficient (Wildman–Crippen LogP) is 1.63. The first kappa shape index (κ1) is 13.3. The molecule has 0 amide bonds. The molecular weight excluding hydrogens is 226 g/mol. The molecule has 1 fully saturated rings. The summed E-state index contributed by atoms with van der Waals surface area (Å²) in [5, 5.41) is 3.22. The van der Waals surface area contributed by atoms with E-state index in [9.17, 15) is 0 Å². The fraction of sp³-hybridized carbons (Fsp3) is 0.643. The molecule has 2 heterocycles.